The van der Waals surface area contributed by atoms with E-state index in [0.29, 0.717) is 18.7 Å². The molecule has 0 saturated carbocycles. The summed E-state index contributed by atoms with van der Waals surface area (Å²) < 4.78 is 40.1. The van der Waals surface area contributed by atoms with Crippen LogP contribution in [0.2, 0.25) is 0 Å². The van der Waals surface area contributed by atoms with E-state index in [-0.39, 0.29) is 16.2 Å². The zero-order valence-electron chi connectivity index (χ0n) is 11.0. The third-order valence-corrected chi connectivity index (χ3v) is 5.60. The zero-order chi connectivity index (χ0) is 14.3. The molecule has 0 spiro atoms. The van der Waals surface area contributed by atoms with Crippen LogP contribution < -0.4 is 0 Å². The Bertz CT molecular complexity index is 586. The minimum atomic E-state index is -3.75. The fourth-order valence-corrected chi connectivity index (χ4v) is 4.08. The first-order valence-electron chi connectivity index (χ1n) is 6.11. The second kappa shape index (κ2) is 5.04. The highest BCUT2D eigenvalue weighted by atomic mass is 35.5. The Hall–Kier alpha value is -0.650. The van der Waals surface area contributed by atoms with Crippen LogP contribution in [0.4, 0.5) is 4.39 Å². The maximum Gasteiger partial charge on any atom is 0.246 e. The van der Waals surface area contributed by atoms with Gasteiger partial charge in [-0.25, -0.2) is 12.8 Å². The Labute approximate surface area is 118 Å². The lowest BCUT2D eigenvalue weighted by Gasteiger charge is -2.20. The van der Waals surface area contributed by atoms with Gasteiger partial charge in [-0.2, -0.15) is 4.31 Å². The van der Waals surface area contributed by atoms with E-state index in [1.54, 1.807) is 6.07 Å². The minimum Gasteiger partial charge on any atom is -0.207 e. The summed E-state index contributed by atoms with van der Waals surface area (Å²) >= 11 is 5.60. The van der Waals surface area contributed by atoms with Crippen molar-refractivity contribution in [3.63, 3.8) is 0 Å². The highest BCUT2D eigenvalue weighted by molar-refractivity contribution is 7.89. The Kier molecular flexibility index (Phi) is 3.91. The summed E-state index contributed by atoms with van der Waals surface area (Å²) in [6.45, 7) is 4.88. The molecule has 1 heterocycles. The molecule has 0 radical (unpaired) electrons. The maximum atomic E-state index is 13.9. The van der Waals surface area contributed by atoms with Crippen molar-refractivity contribution in [2.24, 2.45) is 5.41 Å². The van der Waals surface area contributed by atoms with Crippen molar-refractivity contribution in [2.45, 2.75) is 31.0 Å². The van der Waals surface area contributed by atoms with Gasteiger partial charge >= 0.3 is 0 Å². The van der Waals surface area contributed by atoms with Gasteiger partial charge in [-0.3, -0.25) is 0 Å². The Morgan fingerprint density at radius 1 is 1.42 bits per heavy atom. The molecule has 1 saturated heterocycles. The lowest BCUT2D eigenvalue weighted by Crippen LogP contribution is -2.31. The number of rotatable bonds is 3. The predicted octanol–water partition coefficient (Wildman–Crippen LogP) is 2.99. The maximum absolute atomic E-state index is 13.9. The van der Waals surface area contributed by atoms with Gasteiger partial charge in [0, 0.05) is 19.0 Å². The van der Waals surface area contributed by atoms with Crippen LogP contribution in [0, 0.1) is 11.2 Å². The summed E-state index contributed by atoms with van der Waals surface area (Å²) in [6, 6.07) is 4.03. The monoisotopic (exact) mass is 305 g/mol. The van der Waals surface area contributed by atoms with Crippen LogP contribution in [0.1, 0.15) is 25.8 Å². The number of benzene rings is 1. The molecule has 0 atom stereocenters. The molecule has 6 heteroatoms. The van der Waals surface area contributed by atoms with E-state index in [9.17, 15) is 12.8 Å². The average Bonchev–Trinajstić information content (AvgIpc) is 2.69. The van der Waals surface area contributed by atoms with E-state index in [0.717, 1.165) is 6.42 Å². The molecule has 1 aromatic rings. The molecule has 1 fully saturated rings. The number of sulfonamides is 1. The SMILES string of the molecule is CC1(C)CCN(S(=O)(=O)c2ccc(CCl)cc2F)C1. The van der Waals surface area contributed by atoms with Gasteiger partial charge in [-0.1, -0.05) is 19.9 Å². The quantitative estimate of drug-likeness (QED) is 0.805. The molecule has 106 valence electrons. The molecule has 2 rings (SSSR count). The lowest BCUT2D eigenvalue weighted by molar-refractivity contribution is 0.374. The third kappa shape index (κ3) is 2.93. The Morgan fingerprint density at radius 2 is 2.11 bits per heavy atom. The summed E-state index contributed by atoms with van der Waals surface area (Å²) in [4.78, 5) is -0.265. The number of alkyl halides is 1. The number of nitrogens with zero attached hydrogens (tertiary/aromatic N) is 1. The van der Waals surface area contributed by atoms with Gasteiger partial charge in [0.1, 0.15) is 10.7 Å². The molecule has 3 nitrogen and oxygen atoms in total. The van der Waals surface area contributed by atoms with Crippen LogP contribution in [0.15, 0.2) is 23.1 Å². The predicted molar refractivity (Wildman–Crippen MR) is 73.1 cm³/mol. The number of halogens is 2. The molecule has 1 aliphatic rings. The second-order valence-corrected chi connectivity index (χ2v) is 7.82. The van der Waals surface area contributed by atoms with Gasteiger partial charge in [0.05, 0.1) is 0 Å². The van der Waals surface area contributed by atoms with E-state index in [1.807, 2.05) is 13.8 Å². The molecular formula is C13H17ClFNO2S. The molecular weight excluding hydrogens is 289 g/mol. The van der Waals surface area contributed by atoms with Gasteiger partial charge in [-0.05, 0) is 29.5 Å². The van der Waals surface area contributed by atoms with E-state index >= 15 is 0 Å². The van der Waals surface area contributed by atoms with E-state index in [1.165, 1.54) is 16.4 Å². The highest BCUT2D eigenvalue weighted by Crippen LogP contribution is 2.33. The van der Waals surface area contributed by atoms with Crippen LogP contribution in [0.3, 0.4) is 0 Å². The van der Waals surface area contributed by atoms with E-state index in [2.05, 4.69) is 0 Å². The molecule has 0 unspecified atom stereocenters. The highest BCUT2D eigenvalue weighted by Gasteiger charge is 2.37. The molecule has 1 aliphatic heterocycles. The van der Waals surface area contributed by atoms with Crippen LogP contribution in [-0.2, 0) is 15.9 Å². The smallest absolute Gasteiger partial charge is 0.207 e. The van der Waals surface area contributed by atoms with Gasteiger partial charge in [0.25, 0.3) is 0 Å². The zero-order valence-corrected chi connectivity index (χ0v) is 12.6. The van der Waals surface area contributed by atoms with E-state index in [4.69, 9.17) is 11.6 Å². The van der Waals surface area contributed by atoms with Crippen molar-refractivity contribution < 1.29 is 12.8 Å². The first-order valence-corrected chi connectivity index (χ1v) is 8.08. The molecule has 19 heavy (non-hydrogen) atoms. The van der Waals surface area contributed by atoms with Crippen molar-refractivity contribution in [3.05, 3.63) is 29.6 Å². The van der Waals surface area contributed by atoms with Crippen molar-refractivity contribution in [3.8, 4) is 0 Å². The molecule has 0 aromatic heterocycles. The van der Waals surface area contributed by atoms with Crippen LogP contribution >= 0.6 is 11.6 Å². The van der Waals surface area contributed by atoms with Crippen LogP contribution in [0.25, 0.3) is 0 Å². The molecule has 0 aliphatic carbocycles. The van der Waals surface area contributed by atoms with Gasteiger partial charge in [0.2, 0.25) is 10.0 Å². The van der Waals surface area contributed by atoms with Crippen LogP contribution in [0.5, 0.6) is 0 Å². The van der Waals surface area contributed by atoms with Gasteiger partial charge in [-0.15, -0.1) is 11.6 Å². The van der Waals surface area contributed by atoms with Crippen LogP contribution in [-0.4, -0.2) is 25.8 Å². The first kappa shape index (κ1) is 14.8. The molecule has 0 N–H and O–H groups in total. The lowest BCUT2D eigenvalue weighted by atomic mass is 9.93. The summed E-state index contributed by atoms with van der Waals surface area (Å²) in [5, 5.41) is 0. The largest absolute Gasteiger partial charge is 0.246 e. The second-order valence-electron chi connectivity index (χ2n) is 5.65. The summed E-state index contributed by atoms with van der Waals surface area (Å²) in [6.07, 6.45) is 0.785. The topological polar surface area (TPSA) is 37.4 Å². The summed E-state index contributed by atoms with van der Waals surface area (Å²) in [5.74, 6) is -0.573. The third-order valence-electron chi connectivity index (χ3n) is 3.41. The Balaban J connectivity index is 2.35. The standard InChI is InChI=1S/C13H17ClFNO2S/c1-13(2)5-6-16(9-13)19(17,18)12-4-3-10(8-14)7-11(12)15/h3-4,7H,5-6,8-9H2,1-2H3. The fourth-order valence-electron chi connectivity index (χ4n) is 2.24. The molecule has 1 aromatic carbocycles. The average molecular weight is 306 g/mol. The molecule has 0 bridgehead atoms. The van der Waals surface area contributed by atoms with Crippen molar-refractivity contribution in [1.82, 2.24) is 4.31 Å². The van der Waals surface area contributed by atoms with E-state index < -0.39 is 15.8 Å². The normalized spacial score (nSPS) is 19.8. The number of hydrogen-bond donors (Lipinski definition) is 0. The van der Waals surface area contributed by atoms with Crippen molar-refractivity contribution in [2.75, 3.05) is 13.1 Å². The summed E-state index contributed by atoms with van der Waals surface area (Å²) in [5.41, 5.74) is 0.513. The minimum absolute atomic E-state index is 0.0559. The van der Waals surface area contributed by atoms with Crippen molar-refractivity contribution in [1.29, 1.82) is 0 Å². The first-order chi connectivity index (χ1) is 8.76. The summed E-state index contributed by atoms with van der Waals surface area (Å²) in [7, 11) is -3.75. The van der Waals surface area contributed by atoms with Gasteiger partial charge in [0.15, 0.2) is 0 Å². The Morgan fingerprint density at radius 3 is 2.58 bits per heavy atom. The van der Waals surface area contributed by atoms with Gasteiger partial charge < -0.3 is 0 Å². The van der Waals surface area contributed by atoms with Crippen molar-refractivity contribution >= 4 is 21.6 Å². The molecule has 0 amide bonds. The fraction of sp³-hybridized carbons (Fsp3) is 0.538. The number of hydrogen-bond acceptors (Lipinski definition) is 2.